The van der Waals surface area contributed by atoms with Crippen molar-refractivity contribution in [3.05, 3.63) is 70.8 Å². The molecule has 0 radical (unpaired) electrons. The van der Waals surface area contributed by atoms with Gasteiger partial charge in [0.1, 0.15) is 5.60 Å². The molecule has 268 valence electrons. The lowest BCUT2D eigenvalue weighted by molar-refractivity contribution is 0.0205. The zero-order chi connectivity index (χ0) is 33.8. The van der Waals surface area contributed by atoms with Crippen molar-refractivity contribution in [2.45, 2.75) is 141 Å². The Bertz CT molecular complexity index is 1350. The Hall–Kier alpha value is -2.41. The van der Waals surface area contributed by atoms with E-state index in [-0.39, 0.29) is 6.09 Å². The van der Waals surface area contributed by atoms with Crippen molar-refractivity contribution in [3.63, 3.8) is 0 Å². The largest absolute Gasteiger partial charge is 0.444 e. The van der Waals surface area contributed by atoms with E-state index in [0.717, 1.165) is 56.2 Å². The van der Waals surface area contributed by atoms with Crippen LogP contribution in [0.4, 0.5) is 4.79 Å². The Balaban J connectivity index is 0.000000160. The van der Waals surface area contributed by atoms with E-state index in [4.69, 9.17) is 14.2 Å². The fourth-order valence-corrected chi connectivity index (χ4v) is 9.92. The van der Waals surface area contributed by atoms with Crippen LogP contribution in [0.5, 0.6) is 0 Å². The molecule has 1 N–H and O–H groups in total. The number of carbonyl (C=O) groups excluding carboxylic acids is 1. The van der Waals surface area contributed by atoms with Gasteiger partial charge in [0.05, 0.1) is 25.4 Å². The second-order valence-corrected chi connectivity index (χ2v) is 17.3. The Morgan fingerprint density at radius 2 is 1.14 bits per heavy atom. The lowest BCUT2D eigenvalue weighted by Crippen LogP contribution is -2.36. The van der Waals surface area contributed by atoms with Crippen LogP contribution in [-0.2, 0) is 27.4 Å². The quantitative estimate of drug-likeness (QED) is 0.303. The molecule has 2 heterocycles. The van der Waals surface area contributed by atoms with Gasteiger partial charge in [0.25, 0.3) is 0 Å². The molecule has 0 bridgehead atoms. The molecule has 6 heteroatoms. The number of nitrogens with zero attached hydrogens (tertiary/aromatic N) is 1. The topological polar surface area (TPSA) is 60.0 Å². The van der Waals surface area contributed by atoms with Crippen LogP contribution in [0.25, 0.3) is 0 Å². The number of amides is 1. The maximum absolute atomic E-state index is 12.3. The minimum atomic E-state index is -0.423. The van der Waals surface area contributed by atoms with Crippen LogP contribution in [0.15, 0.2) is 48.5 Å². The molecule has 0 aromatic heterocycles. The van der Waals surface area contributed by atoms with Crippen LogP contribution >= 0.6 is 0 Å². The van der Waals surface area contributed by atoms with Crippen LogP contribution in [0.1, 0.15) is 132 Å². The molecule has 4 aliphatic carbocycles. The molecule has 2 saturated heterocycles. The third-order valence-corrected chi connectivity index (χ3v) is 12.5. The number of nitrogens with one attached hydrogen (secondary N) is 1. The predicted octanol–water partition coefficient (Wildman–Crippen LogP) is 9.37. The smallest absolute Gasteiger partial charge is 0.410 e. The number of ether oxygens (including phenoxy) is 3. The fraction of sp³-hybridized carbons (Fsp3) is 0.698. The molecule has 49 heavy (non-hydrogen) atoms. The highest BCUT2D eigenvalue weighted by atomic mass is 16.6. The molecular weight excluding hydrogens is 608 g/mol. The Morgan fingerprint density at radius 3 is 1.59 bits per heavy atom. The maximum atomic E-state index is 12.3. The van der Waals surface area contributed by atoms with Gasteiger partial charge in [-0.2, -0.15) is 0 Å². The molecule has 2 aromatic rings. The van der Waals surface area contributed by atoms with Gasteiger partial charge in [-0.3, -0.25) is 0 Å². The second-order valence-electron chi connectivity index (χ2n) is 17.3. The maximum Gasteiger partial charge on any atom is 0.410 e. The Labute approximate surface area is 296 Å². The zero-order valence-corrected chi connectivity index (χ0v) is 30.5. The molecule has 4 saturated carbocycles. The summed E-state index contributed by atoms with van der Waals surface area (Å²) in [4.78, 5) is 14.2. The van der Waals surface area contributed by atoms with Crippen molar-refractivity contribution in [3.8, 4) is 0 Å². The summed E-state index contributed by atoms with van der Waals surface area (Å²) < 4.78 is 18.0. The summed E-state index contributed by atoms with van der Waals surface area (Å²) in [5.74, 6) is 4.43. The summed E-state index contributed by atoms with van der Waals surface area (Å²) >= 11 is 0. The normalized spacial score (nSPS) is 30.0. The lowest BCUT2D eigenvalue weighted by Gasteiger charge is -2.25. The zero-order valence-electron chi connectivity index (χ0n) is 30.5. The van der Waals surface area contributed by atoms with Gasteiger partial charge in [-0.25, -0.2) is 4.79 Å². The summed E-state index contributed by atoms with van der Waals surface area (Å²) in [6.07, 6.45) is 16.3. The van der Waals surface area contributed by atoms with Crippen LogP contribution in [0.3, 0.4) is 0 Å². The van der Waals surface area contributed by atoms with E-state index in [1.165, 1.54) is 94.0 Å². The fourth-order valence-electron chi connectivity index (χ4n) is 9.92. The van der Waals surface area contributed by atoms with Gasteiger partial charge < -0.3 is 24.4 Å². The highest BCUT2D eigenvalue weighted by molar-refractivity contribution is 5.68. The van der Waals surface area contributed by atoms with Crippen molar-refractivity contribution < 1.29 is 19.0 Å². The standard InChI is InChI=1S/C24H35NO3.C19H27NO/c1-24(2,3)28-23(26)25-14-20-12-22(13-21(20)15-25)27-16-17-7-6-10-19(11-17)18-8-4-5-9-18;1-2-6-15(5-1)16-7-3-4-14(8-16)13-21-19-9-17-11-20-12-18(17)10-19/h6-7,10-11,18,20-22H,4-5,8-9,12-16H2,1-3H3;3-4,7-8,15,17-20H,1-2,5-6,9-13H2/t20-,21+,22?;17-,18+,19?. The summed E-state index contributed by atoms with van der Waals surface area (Å²) in [6, 6.07) is 18.2. The van der Waals surface area contributed by atoms with Crippen molar-refractivity contribution in [1.29, 1.82) is 0 Å². The molecule has 2 aromatic carbocycles. The van der Waals surface area contributed by atoms with Gasteiger partial charge in [0, 0.05) is 13.1 Å². The van der Waals surface area contributed by atoms with Gasteiger partial charge in [0.2, 0.25) is 0 Å². The first-order valence-corrected chi connectivity index (χ1v) is 19.9. The van der Waals surface area contributed by atoms with Crippen LogP contribution in [0, 0.1) is 23.7 Å². The molecule has 6 atom stereocenters. The average Bonchev–Trinajstić information content (AvgIpc) is 3.92. The number of carbonyl (C=O) groups is 1. The van der Waals surface area contributed by atoms with E-state index < -0.39 is 5.60 Å². The SMILES string of the molecule is CC(C)(C)OC(=O)N1C[C@H]2CC(OCc3cccc(C4CCCC4)c3)C[C@H]2C1.c1cc(COC2C[C@H]3CNC[C@H]3C2)cc(C2CCCC2)c1. The molecule has 0 spiro atoms. The lowest BCUT2D eigenvalue weighted by atomic mass is 9.96. The van der Waals surface area contributed by atoms with Crippen LogP contribution in [-0.4, -0.2) is 55.0 Å². The number of fused-ring (bicyclic) bond motifs is 2. The molecule has 1 amide bonds. The molecular formula is C43H62N2O4. The van der Waals surface area contributed by atoms with E-state index in [0.29, 0.717) is 30.7 Å². The van der Waals surface area contributed by atoms with E-state index in [9.17, 15) is 4.79 Å². The first-order chi connectivity index (χ1) is 23.8. The predicted molar refractivity (Wildman–Crippen MR) is 196 cm³/mol. The van der Waals surface area contributed by atoms with Crippen molar-refractivity contribution in [1.82, 2.24) is 10.2 Å². The van der Waals surface area contributed by atoms with Crippen molar-refractivity contribution in [2.24, 2.45) is 23.7 Å². The number of hydrogen-bond acceptors (Lipinski definition) is 5. The van der Waals surface area contributed by atoms with Crippen molar-refractivity contribution >= 4 is 6.09 Å². The van der Waals surface area contributed by atoms with E-state index in [1.54, 1.807) is 5.56 Å². The summed E-state index contributed by atoms with van der Waals surface area (Å²) in [5.41, 5.74) is 5.29. The minimum absolute atomic E-state index is 0.164. The molecule has 2 unspecified atom stereocenters. The van der Waals surface area contributed by atoms with Gasteiger partial charge >= 0.3 is 6.09 Å². The number of rotatable bonds is 8. The number of benzene rings is 2. The Kier molecular flexibility index (Phi) is 11.3. The Morgan fingerprint density at radius 1 is 0.694 bits per heavy atom. The molecule has 6 fully saturated rings. The van der Waals surface area contributed by atoms with Gasteiger partial charge in [-0.05, 0) is 143 Å². The van der Waals surface area contributed by atoms with Crippen LogP contribution in [0.2, 0.25) is 0 Å². The number of hydrogen-bond donors (Lipinski definition) is 1. The first kappa shape index (κ1) is 35.0. The highest BCUT2D eigenvalue weighted by Crippen LogP contribution is 2.41. The van der Waals surface area contributed by atoms with Gasteiger partial charge in [0.15, 0.2) is 0 Å². The third kappa shape index (κ3) is 9.28. The summed E-state index contributed by atoms with van der Waals surface area (Å²) in [7, 11) is 0. The van der Waals surface area contributed by atoms with Gasteiger partial charge in [-0.1, -0.05) is 74.2 Å². The van der Waals surface area contributed by atoms with E-state index in [2.05, 4.69) is 53.8 Å². The average molecular weight is 671 g/mol. The monoisotopic (exact) mass is 670 g/mol. The molecule has 6 aliphatic rings. The molecule has 6 nitrogen and oxygen atoms in total. The minimum Gasteiger partial charge on any atom is -0.444 e. The molecule has 8 rings (SSSR count). The molecule has 2 aliphatic heterocycles. The van der Waals surface area contributed by atoms with Crippen molar-refractivity contribution in [2.75, 3.05) is 26.2 Å². The third-order valence-electron chi connectivity index (χ3n) is 12.5. The number of likely N-dealkylation sites (tertiary alicyclic amines) is 1. The van der Waals surface area contributed by atoms with Gasteiger partial charge in [-0.15, -0.1) is 0 Å². The van der Waals surface area contributed by atoms with E-state index in [1.807, 2.05) is 25.7 Å². The summed E-state index contributed by atoms with van der Waals surface area (Å²) in [5, 5.41) is 3.50. The van der Waals surface area contributed by atoms with E-state index >= 15 is 0 Å². The van der Waals surface area contributed by atoms with Crippen LogP contribution < -0.4 is 5.32 Å². The summed E-state index contributed by atoms with van der Waals surface area (Å²) in [6.45, 7) is 11.3. The second kappa shape index (κ2) is 15.9. The first-order valence-electron chi connectivity index (χ1n) is 19.9. The highest BCUT2D eigenvalue weighted by Gasteiger charge is 2.44.